The van der Waals surface area contributed by atoms with Crippen molar-refractivity contribution in [2.45, 2.75) is 53.0 Å². The minimum absolute atomic E-state index is 0.00394. The highest BCUT2D eigenvalue weighted by atomic mass is 16.4. The predicted molar refractivity (Wildman–Crippen MR) is 81.0 cm³/mol. The van der Waals surface area contributed by atoms with Gasteiger partial charge in [0.1, 0.15) is 6.04 Å². The van der Waals surface area contributed by atoms with Crippen LogP contribution in [0.25, 0.3) is 0 Å². The molecule has 2 amide bonds. The number of hydrogen-bond donors (Lipinski definition) is 2. The van der Waals surface area contributed by atoms with E-state index in [2.05, 4.69) is 33.0 Å². The largest absolute Gasteiger partial charge is 0.480 e. The Kier molecular flexibility index (Phi) is 4.49. The van der Waals surface area contributed by atoms with Crippen LogP contribution >= 0.6 is 0 Å². The van der Waals surface area contributed by atoms with Crippen molar-refractivity contribution in [1.82, 2.24) is 10.2 Å². The van der Waals surface area contributed by atoms with E-state index < -0.39 is 12.0 Å². The molecule has 1 saturated carbocycles. The van der Waals surface area contributed by atoms with Gasteiger partial charge in [-0.05, 0) is 36.0 Å². The highest BCUT2D eigenvalue weighted by Crippen LogP contribution is 2.42. The number of carbonyl (C=O) groups excluding carboxylic acids is 1. The van der Waals surface area contributed by atoms with E-state index in [-0.39, 0.29) is 17.4 Å². The molecule has 2 N–H and O–H groups in total. The van der Waals surface area contributed by atoms with Gasteiger partial charge in [0.25, 0.3) is 0 Å². The number of likely N-dealkylation sites (tertiary alicyclic amines) is 1. The van der Waals surface area contributed by atoms with Crippen LogP contribution in [0.3, 0.4) is 0 Å². The number of hydrogen-bond acceptors (Lipinski definition) is 2. The van der Waals surface area contributed by atoms with Gasteiger partial charge in [-0.3, -0.25) is 0 Å². The molecule has 3 unspecified atom stereocenters. The van der Waals surface area contributed by atoms with Gasteiger partial charge in [-0.15, -0.1) is 0 Å². The Morgan fingerprint density at radius 3 is 2.57 bits per heavy atom. The van der Waals surface area contributed by atoms with Crippen molar-refractivity contribution in [2.24, 2.45) is 23.2 Å². The maximum atomic E-state index is 12.4. The molecule has 1 aliphatic heterocycles. The summed E-state index contributed by atoms with van der Waals surface area (Å²) < 4.78 is 0. The summed E-state index contributed by atoms with van der Waals surface area (Å²) in [7, 11) is 0. The Balaban J connectivity index is 2.00. The zero-order valence-corrected chi connectivity index (χ0v) is 13.6. The number of urea groups is 1. The first-order valence-electron chi connectivity index (χ1n) is 8.01. The Bertz CT molecular complexity index is 420. The van der Waals surface area contributed by atoms with Crippen LogP contribution in [0.4, 0.5) is 4.79 Å². The Hall–Kier alpha value is -1.26. The summed E-state index contributed by atoms with van der Waals surface area (Å²) in [5.74, 6) is 0.106. The highest BCUT2D eigenvalue weighted by molar-refractivity contribution is 5.83. The number of carboxylic acid groups (broad SMARTS) is 1. The molecule has 2 rings (SSSR count). The number of fused-ring (bicyclic) bond motifs is 1. The van der Waals surface area contributed by atoms with E-state index in [0.717, 1.165) is 19.3 Å². The minimum atomic E-state index is -0.859. The fraction of sp³-hybridized carbons (Fsp3) is 0.875. The van der Waals surface area contributed by atoms with E-state index >= 15 is 0 Å². The molecule has 2 fully saturated rings. The third kappa shape index (κ3) is 3.16. The molecule has 0 bridgehead atoms. The summed E-state index contributed by atoms with van der Waals surface area (Å²) in [6.07, 6.45) is 3.08. The minimum Gasteiger partial charge on any atom is -0.480 e. The lowest BCUT2D eigenvalue weighted by molar-refractivity contribution is -0.142. The van der Waals surface area contributed by atoms with Crippen molar-refractivity contribution < 1.29 is 14.7 Å². The van der Waals surface area contributed by atoms with E-state index in [1.807, 2.05) is 0 Å². The standard InChI is InChI=1S/C16H28N2O3/c1-10(2)16(3,4)9-17-15(21)18-8-11-6-5-7-12(11)13(18)14(19)20/h10-13H,5-9H2,1-4H3,(H,17,21)(H,19,20). The fourth-order valence-corrected chi connectivity index (χ4v) is 3.44. The number of carboxylic acids is 1. The summed E-state index contributed by atoms with van der Waals surface area (Å²) in [5.41, 5.74) is 0.00394. The zero-order valence-electron chi connectivity index (χ0n) is 13.6. The molecule has 0 spiro atoms. The average molecular weight is 296 g/mol. The van der Waals surface area contributed by atoms with Gasteiger partial charge in [0, 0.05) is 13.1 Å². The van der Waals surface area contributed by atoms with Crippen LogP contribution in [0.5, 0.6) is 0 Å². The molecule has 21 heavy (non-hydrogen) atoms. The number of nitrogens with one attached hydrogen (secondary N) is 1. The Morgan fingerprint density at radius 1 is 1.33 bits per heavy atom. The summed E-state index contributed by atoms with van der Waals surface area (Å²) in [5, 5.41) is 12.4. The smallest absolute Gasteiger partial charge is 0.326 e. The topological polar surface area (TPSA) is 69.6 Å². The van der Waals surface area contributed by atoms with E-state index in [9.17, 15) is 14.7 Å². The van der Waals surface area contributed by atoms with Gasteiger partial charge < -0.3 is 15.3 Å². The van der Waals surface area contributed by atoms with Crippen molar-refractivity contribution in [3.05, 3.63) is 0 Å². The molecule has 0 aromatic carbocycles. The number of aliphatic carboxylic acids is 1. The van der Waals surface area contributed by atoms with Crippen molar-refractivity contribution in [2.75, 3.05) is 13.1 Å². The fourth-order valence-electron chi connectivity index (χ4n) is 3.44. The average Bonchev–Trinajstić information content (AvgIpc) is 2.94. The molecule has 5 heteroatoms. The van der Waals surface area contributed by atoms with Crippen LogP contribution in [-0.2, 0) is 4.79 Å². The van der Waals surface area contributed by atoms with Crippen LogP contribution in [-0.4, -0.2) is 41.1 Å². The van der Waals surface area contributed by atoms with Gasteiger partial charge in [-0.1, -0.05) is 34.1 Å². The van der Waals surface area contributed by atoms with Gasteiger partial charge in [0.05, 0.1) is 0 Å². The second-order valence-electron chi connectivity index (χ2n) is 7.59. The molecular formula is C16H28N2O3. The van der Waals surface area contributed by atoms with E-state index in [1.165, 1.54) is 0 Å². The molecule has 1 aliphatic carbocycles. The zero-order chi connectivity index (χ0) is 15.8. The summed E-state index contributed by atoms with van der Waals surface area (Å²) in [4.78, 5) is 25.5. The van der Waals surface area contributed by atoms with Crippen LogP contribution in [0, 0.1) is 23.2 Å². The molecule has 0 radical (unpaired) electrons. The van der Waals surface area contributed by atoms with Gasteiger partial charge in [0.2, 0.25) is 0 Å². The molecule has 0 aromatic heterocycles. The number of rotatable bonds is 4. The summed E-state index contributed by atoms with van der Waals surface area (Å²) in [6.45, 7) is 9.66. The third-order valence-electron chi connectivity index (χ3n) is 5.66. The Labute approximate surface area is 127 Å². The number of carbonyl (C=O) groups is 2. The first-order valence-corrected chi connectivity index (χ1v) is 8.01. The van der Waals surface area contributed by atoms with Crippen molar-refractivity contribution in [3.63, 3.8) is 0 Å². The predicted octanol–water partition coefficient (Wildman–Crippen LogP) is 2.56. The molecule has 3 atom stereocenters. The third-order valence-corrected chi connectivity index (χ3v) is 5.66. The van der Waals surface area contributed by atoms with Gasteiger partial charge in [0.15, 0.2) is 0 Å². The van der Waals surface area contributed by atoms with Gasteiger partial charge in [-0.2, -0.15) is 0 Å². The first kappa shape index (κ1) is 16.1. The number of amides is 2. The quantitative estimate of drug-likeness (QED) is 0.837. The van der Waals surface area contributed by atoms with Crippen LogP contribution in [0.1, 0.15) is 47.0 Å². The maximum absolute atomic E-state index is 12.4. The summed E-state index contributed by atoms with van der Waals surface area (Å²) >= 11 is 0. The van der Waals surface area contributed by atoms with Crippen LogP contribution < -0.4 is 5.32 Å². The molecule has 5 nitrogen and oxygen atoms in total. The molecule has 2 aliphatic rings. The van der Waals surface area contributed by atoms with Gasteiger partial charge >= 0.3 is 12.0 Å². The lowest BCUT2D eigenvalue weighted by Gasteiger charge is -2.31. The first-order chi connectivity index (χ1) is 9.74. The molecule has 120 valence electrons. The van der Waals surface area contributed by atoms with Crippen LogP contribution in [0.2, 0.25) is 0 Å². The normalized spacial score (nSPS) is 28.8. The highest BCUT2D eigenvalue weighted by Gasteiger charge is 2.49. The molecular weight excluding hydrogens is 268 g/mol. The van der Waals surface area contributed by atoms with Gasteiger partial charge in [-0.25, -0.2) is 9.59 Å². The van der Waals surface area contributed by atoms with Crippen molar-refractivity contribution in [3.8, 4) is 0 Å². The van der Waals surface area contributed by atoms with E-state index in [0.29, 0.717) is 24.9 Å². The van der Waals surface area contributed by atoms with Crippen molar-refractivity contribution >= 4 is 12.0 Å². The van der Waals surface area contributed by atoms with Crippen molar-refractivity contribution in [1.29, 1.82) is 0 Å². The van der Waals surface area contributed by atoms with E-state index in [1.54, 1.807) is 4.90 Å². The monoisotopic (exact) mass is 296 g/mol. The lowest BCUT2D eigenvalue weighted by Crippen LogP contribution is -2.50. The lowest BCUT2D eigenvalue weighted by atomic mass is 9.81. The maximum Gasteiger partial charge on any atom is 0.326 e. The molecule has 1 heterocycles. The van der Waals surface area contributed by atoms with E-state index in [4.69, 9.17) is 0 Å². The van der Waals surface area contributed by atoms with Crippen LogP contribution in [0.15, 0.2) is 0 Å². The second-order valence-corrected chi connectivity index (χ2v) is 7.59. The summed E-state index contributed by atoms with van der Waals surface area (Å²) in [6, 6.07) is -0.856. The number of nitrogens with zero attached hydrogens (tertiary/aromatic N) is 1. The molecule has 0 aromatic rings. The Morgan fingerprint density at radius 2 is 2.00 bits per heavy atom. The second kappa shape index (κ2) is 5.85. The SMILES string of the molecule is CC(C)C(C)(C)CNC(=O)N1CC2CCCC2C1C(=O)O. The molecule has 1 saturated heterocycles.